The molecule has 1 aromatic carbocycles. The molecule has 2 atom stereocenters. The Balaban J connectivity index is 1.96. The Bertz CT molecular complexity index is 762. The Morgan fingerprint density at radius 3 is 2.40 bits per heavy atom. The first-order valence-electron chi connectivity index (χ1n) is 7.79. The zero-order valence-electron chi connectivity index (χ0n) is 14.4. The van der Waals surface area contributed by atoms with E-state index in [2.05, 4.69) is 10.6 Å². The summed E-state index contributed by atoms with van der Waals surface area (Å²) >= 11 is 0. The summed E-state index contributed by atoms with van der Waals surface area (Å²) in [5.74, 6) is -0.675. The van der Waals surface area contributed by atoms with Gasteiger partial charge in [0.2, 0.25) is 0 Å². The highest BCUT2D eigenvalue weighted by atomic mass is 32.2. The minimum atomic E-state index is -3.12. The van der Waals surface area contributed by atoms with Gasteiger partial charge in [-0.15, -0.1) is 0 Å². The topological polar surface area (TPSA) is 111 Å². The molecule has 0 bridgehead atoms. The van der Waals surface area contributed by atoms with Gasteiger partial charge in [0.25, 0.3) is 0 Å². The first kappa shape index (κ1) is 19.0. The summed E-state index contributed by atoms with van der Waals surface area (Å²) in [5, 5.41) is 5.04. The quantitative estimate of drug-likeness (QED) is 0.716. The van der Waals surface area contributed by atoms with Crippen LogP contribution in [-0.2, 0) is 19.4 Å². The predicted molar refractivity (Wildman–Crippen MR) is 91.3 cm³/mol. The molecule has 1 saturated heterocycles. The van der Waals surface area contributed by atoms with E-state index >= 15 is 0 Å². The number of benzene rings is 1. The molecule has 8 nitrogen and oxygen atoms in total. The summed E-state index contributed by atoms with van der Waals surface area (Å²) in [7, 11) is -0.0873. The van der Waals surface area contributed by atoms with Crippen molar-refractivity contribution in [1.29, 1.82) is 0 Å². The first-order chi connectivity index (χ1) is 11.8. The summed E-state index contributed by atoms with van der Waals surface area (Å²) in [6.07, 6.45) is 0.326. The molecule has 2 unspecified atom stereocenters. The smallest absolute Gasteiger partial charge is 0.309 e. The van der Waals surface area contributed by atoms with E-state index in [0.29, 0.717) is 17.9 Å². The monoisotopic (exact) mass is 370 g/mol. The highest BCUT2D eigenvalue weighted by Gasteiger charge is 2.30. The van der Waals surface area contributed by atoms with Crippen LogP contribution in [0.4, 0.5) is 0 Å². The number of nitrogens with one attached hydrogen (secondary N) is 2. The van der Waals surface area contributed by atoms with Gasteiger partial charge in [-0.3, -0.25) is 9.59 Å². The van der Waals surface area contributed by atoms with Gasteiger partial charge < -0.3 is 20.1 Å². The first-order valence-corrected chi connectivity index (χ1v) is 9.61. The van der Waals surface area contributed by atoms with E-state index in [9.17, 15) is 18.0 Å². The number of carbonyl (C=O) groups excluding carboxylic acids is 2. The molecule has 2 rings (SSSR count). The molecule has 1 heterocycles. The summed E-state index contributed by atoms with van der Waals surface area (Å²) in [6, 6.07) is 4.23. The molecular formula is C16H22N2O6S. The lowest BCUT2D eigenvalue weighted by Crippen LogP contribution is -2.45. The van der Waals surface area contributed by atoms with E-state index in [1.807, 2.05) is 0 Å². The average Bonchev–Trinajstić information content (AvgIpc) is 2.92. The van der Waals surface area contributed by atoms with Gasteiger partial charge in [0.1, 0.15) is 0 Å². The van der Waals surface area contributed by atoms with Crippen LogP contribution in [0.3, 0.4) is 0 Å². The fourth-order valence-electron chi connectivity index (χ4n) is 2.63. The molecule has 25 heavy (non-hydrogen) atoms. The Kier molecular flexibility index (Phi) is 5.89. The van der Waals surface area contributed by atoms with Crippen molar-refractivity contribution in [2.24, 2.45) is 0 Å². The van der Waals surface area contributed by atoms with E-state index in [0.717, 1.165) is 5.56 Å². The molecule has 1 aliphatic rings. The van der Waals surface area contributed by atoms with Gasteiger partial charge in [0, 0.05) is 6.04 Å². The molecule has 1 aliphatic heterocycles. The third-order valence-corrected chi connectivity index (χ3v) is 5.80. The zero-order valence-corrected chi connectivity index (χ0v) is 15.2. The highest BCUT2D eigenvalue weighted by molar-refractivity contribution is 7.91. The molecule has 0 saturated carbocycles. The van der Waals surface area contributed by atoms with Crippen molar-refractivity contribution in [2.75, 3.05) is 25.7 Å². The number of hydrogen-bond donors (Lipinski definition) is 2. The molecule has 2 N–H and O–H groups in total. The van der Waals surface area contributed by atoms with Crippen molar-refractivity contribution in [3.05, 3.63) is 23.8 Å². The summed E-state index contributed by atoms with van der Waals surface area (Å²) in [4.78, 5) is 24.0. The number of amides is 2. The van der Waals surface area contributed by atoms with E-state index in [1.165, 1.54) is 14.2 Å². The number of ether oxygens (including phenoxy) is 2. The molecule has 1 fully saturated rings. The van der Waals surface area contributed by atoms with Gasteiger partial charge >= 0.3 is 11.8 Å². The maximum absolute atomic E-state index is 12.0. The maximum Gasteiger partial charge on any atom is 0.309 e. The minimum absolute atomic E-state index is 0.0294. The average molecular weight is 370 g/mol. The third-order valence-electron chi connectivity index (χ3n) is 4.03. The summed E-state index contributed by atoms with van der Waals surface area (Å²) in [5.41, 5.74) is 0.738. The second-order valence-corrected chi connectivity index (χ2v) is 8.11. The van der Waals surface area contributed by atoms with Crippen molar-refractivity contribution in [2.45, 2.75) is 25.4 Å². The van der Waals surface area contributed by atoms with Crippen molar-refractivity contribution < 1.29 is 27.5 Å². The molecule has 0 spiro atoms. The van der Waals surface area contributed by atoms with Crippen LogP contribution in [0.15, 0.2) is 18.2 Å². The second kappa shape index (κ2) is 7.73. The van der Waals surface area contributed by atoms with Crippen molar-refractivity contribution in [3.63, 3.8) is 0 Å². The standard InChI is InChI=1S/C16H22N2O6S/c1-10(11-4-5-13(23-2)14(8-11)24-3)17-15(19)16(20)18-12-6-7-25(21,22)9-12/h4-5,8,10,12H,6-7,9H2,1-3H3,(H,17,19)(H,18,20). The van der Waals surface area contributed by atoms with Crippen LogP contribution < -0.4 is 20.1 Å². The van der Waals surface area contributed by atoms with Crippen LogP contribution in [0.1, 0.15) is 24.9 Å². The second-order valence-electron chi connectivity index (χ2n) is 5.88. The van der Waals surface area contributed by atoms with Crippen LogP contribution in [0, 0.1) is 0 Å². The lowest BCUT2D eigenvalue weighted by atomic mass is 10.1. The number of hydrogen-bond acceptors (Lipinski definition) is 6. The van der Waals surface area contributed by atoms with Gasteiger partial charge in [-0.25, -0.2) is 8.42 Å². The Morgan fingerprint density at radius 1 is 1.16 bits per heavy atom. The van der Waals surface area contributed by atoms with Crippen molar-refractivity contribution in [1.82, 2.24) is 10.6 Å². The Hall–Kier alpha value is -2.29. The van der Waals surface area contributed by atoms with Gasteiger partial charge in [-0.05, 0) is 31.0 Å². The molecule has 2 amide bonds. The van der Waals surface area contributed by atoms with Gasteiger partial charge in [-0.2, -0.15) is 0 Å². The third kappa shape index (κ3) is 4.85. The van der Waals surface area contributed by atoms with Crippen LogP contribution in [0.25, 0.3) is 0 Å². The lowest BCUT2D eigenvalue weighted by Gasteiger charge is -2.17. The highest BCUT2D eigenvalue weighted by Crippen LogP contribution is 2.29. The minimum Gasteiger partial charge on any atom is -0.493 e. The number of methoxy groups -OCH3 is 2. The van der Waals surface area contributed by atoms with Crippen LogP contribution in [0.2, 0.25) is 0 Å². The van der Waals surface area contributed by atoms with E-state index in [-0.39, 0.29) is 11.5 Å². The SMILES string of the molecule is COc1ccc(C(C)NC(=O)C(=O)NC2CCS(=O)(=O)C2)cc1OC. The van der Waals surface area contributed by atoms with Crippen molar-refractivity contribution in [3.8, 4) is 11.5 Å². The molecular weight excluding hydrogens is 348 g/mol. The molecule has 9 heteroatoms. The normalized spacial score (nSPS) is 19.7. The summed E-state index contributed by atoms with van der Waals surface area (Å²) in [6.45, 7) is 1.73. The fourth-order valence-corrected chi connectivity index (χ4v) is 4.30. The number of sulfone groups is 1. The van der Waals surface area contributed by atoms with Crippen LogP contribution in [-0.4, -0.2) is 52.0 Å². The van der Waals surface area contributed by atoms with Gasteiger partial charge in [0.15, 0.2) is 21.3 Å². The van der Waals surface area contributed by atoms with Crippen molar-refractivity contribution >= 4 is 21.7 Å². The molecule has 0 aliphatic carbocycles. The van der Waals surface area contributed by atoms with E-state index in [4.69, 9.17) is 9.47 Å². The van der Waals surface area contributed by atoms with Gasteiger partial charge in [0.05, 0.1) is 31.8 Å². The maximum atomic E-state index is 12.0. The molecule has 1 aromatic rings. The van der Waals surface area contributed by atoms with E-state index in [1.54, 1.807) is 25.1 Å². The predicted octanol–water partition coefficient (Wildman–Crippen LogP) is 0.184. The molecule has 0 aromatic heterocycles. The fraction of sp³-hybridized carbons (Fsp3) is 0.500. The Labute approximate surface area is 146 Å². The van der Waals surface area contributed by atoms with Crippen LogP contribution >= 0.6 is 0 Å². The number of rotatable bonds is 5. The summed E-state index contributed by atoms with van der Waals surface area (Å²) < 4.78 is 33.2. The lowest BCUT2D eigenvalue weighted by molar-refractivity contribution is -0.139. The Morgan fingerprint density at radius 2 is 1.84 bits per heavy atom. The largest absolute Gasteiger partial charge is 0.493 e. The van der Waals surface area contributed by atoms with Crippen LogP contribution in [0.5, 0.6) is 11.5 Å². The molecule has 0 radical (unpaired) electrons. The van der Waals surface area contributed by atoms with E-state index < -0.39 is 33.7 Å². The number of carbonyl (C=O) groups is 2. The molecule has 138 valence electrons. The van der Waals surface area contributed by atoms with Gasteiger partial charge in [-0.1, -0.05) is 6.07 Å². The zero-order chi connectivity index (χ0) is 18.6.